The number of nitrogen functional groups attached to an aromatic ring is 1. The van der Waals surface area contributed by atoms with E-state index in [2.05, 4.69) is 0 Å². The molecule has 0 aliphatic carbocycles. The Kier molecular flexibility index (Phi) is 2.38. The second kappa shape index (κ2) is 3.30. The fourth-order valence-corrected chi connectivity index (χ4v) is 0.982. The Labute approximate surface area is 72.3 Å². The van der Waals surface area contributed by atoms with Crippen LogP contribution in [0.1, 0.15) is 19.4 Å². The third-order valence-electron chi connectivity index (χ3n) is 1.69. The molecule has 0 saturated carbocycles. The van der Waals surface area contributed by atoms with E-state index in [9.17, 15) is 5.11 Å². The van der Waals surface area contributed by atoms with E-state index in [1.807, 2.05) is 26.0 Å². The summed E-state index contributed by atoms with van der Waals surface area (Å²) in [7, 11) is 0. The number of para-hydroxylation sites is 1. The number of allylic oxidation sites excluding steroid dienone is 1. The summed E-state index contributed by atoms with van der Waals surface area (Å²) in [5, 5.41) is 9.58. The van der Waals surface area contributed by atoms with Crippen molar-refractivity contribution >= 4 is 11.4 Å². The summed E-state index contributed by atoms with van der Waals surface area (Å²) in [5.74, 6) is 0.271. The molecule has 0 fully saturated rings. The van der Waals surface area contributed by atoms with E-state index in [-0.39, 0.29) is 5.76 Å². The molecule has 0 aliphatic heterocycles. The van der Waals surface area contributed by atoms with Crippen molar-refractivity contribution in [2.24, 2.45) is 0 Å². The predicted octanol–water partition coefficient (Wildman–Crippen LogP) is 2.58. The van der Waals surface area contributed by atoms with Gasteiger partial charge in [0, 0.05) is 11.3 Å². The minimum absolute atomic E-state index is 0.271. The Hall–Kier alpha value is -1.44. The Morgan fingerprint density at radius 1 is 1.25 bits per heavy atom. The number of aliphatic hydroxyl groups excluding tert-OH is 1. The Balaban J connectivity index is 3.21. The van der Waals surface area contributed by atoms with Crippen LogP contribution in [0.5, 0.6) is 0 Å². The molecular weight excluding hydrogens is 150 g/mol. The van der Waals surface area contributed by atoms with Gasteiger partial charge in [-0.05, 0) is 31.6 Å². The lowest BCUT2D eigenvalue weighted by molar-refractivity contribution is 0.507. The number of anilines is 1. The van der Waals surface area contributed by atoms with Crippen LogP contribution in [0.3, 0.4) is 0 Å². The van der Waals surface area contributed by atoms with Crippen LogP contribution in [-0.4, -0.2) is 5.11 Å². The molecule has 64 valence electrons. The van der Waals surface area contributed by atoms with Gasteiger partial charge < -0.3 is 10.8 Å². The number of benzene rings is 1. The SMILES string of the molecule is CC(C)=C(O)c1ccccc1N. The van der Waals surface area contributed by atoms with Crippen LogP contribution in [0.2, 0.25) is 0 Å². The summed E-state index contributed by atoms with van der Waals surface area (Å²) in [4.78, 5) is 0. The van der Waals surface area contributed by atoms with E-state index in [4.69, 9.17) is 5.73 Å². The summed E-state index contributed by atoms with van der Waals surface area (Å²) in [6, 6.07) is 7.27. The molecule has 1 rings (SSSR count). The van der Waals surface area contributed by atoms with Gasteiger partial charge in [-0.25, -0.2) is 0 Å². The second-order valence-electron chi connectivity index (χ2n) is 2.94. The normalized spacial score (nSPS) is 9.50. The summed E-state index contributed by atoms with van der Waals surface area (Å²) in [5.41, 5.74) is 7.85. The van der Waals surface area contributed by atoms with Crippen molar-refractivity contribution in [3.05, 3.63) is 35.4 Å². The highest BCUT2D eigenvalue weighted by Crippen LogP contribution is 2.21. The summed E-state index contributed by atoms with van der Waals surface area (Å²) >= 11 is 0. The Bertz CT molecular complexity index is 311. The molecule has 0 atom stereocenters. The van der Waals surface area contributed by atoms with Crippen LogP contribution in [0, 0.1) is 0 Å². The molecular formula is C10H13NO. The first-order chi connectivity index (χ1) is 5.63. The van der Waals surface area contributed by atoms with E-state index in [0.717, 1.165) is 5.57 Å². The third kappa shape index (κ3) is 1.59. The molecule has 0 spiro atoms. The fraction of sp³-hybridized carbons (Fsp3) is 0.200. The van der Waals surface area contributed by atoms with Gasteiger partial charge in [0.2, 0.25) is 0 Å². The minimum atomic E-state index is 0.271. The summed E-state index contributed by atoms with van der Waals surface area (Å²) in [6.45, 7) is 3.70. The monoisotopic (exact) mass is 163 g/mol. The molecule has 1 aromatic rings. The largest absolute Gasteiger partial charge is 0.507 e. The lowest BCUT2D eigenvalue weighted by atomic mass is 10.1. The van der Waals surface area contributed by atoms with Gasteiger partial charge in [0.25, 0.3) is 0 Å². The predicted molar refractivity (Wildman–Crippen MR) is 51.8 cm³/mol. The first kappa shape index (κ1) is 8.65. The average Bonchev–Trinajstić information content (AvgIpc) is 2.04. The molecule has 0 amide bonds. The lowest BCUT2D eigenvalue weighted by Crippen LogP contribution is -1.93. The van der Waals surface area contributed by atoms with Crippen molar-refractivity contribution in [1.82, 2.24) is 0 Å². The highest BCUT2D eigenvalue weighted by atomic mass is 16.3. The molecule has 3 N–H and O–H groups in total. The van der Waals surface area contributed by atoms with E-state index in [1.54, 1.807) is 12.1 Å². The van der Waals surface area contributed by atoms with Gasteiger partial charge in [0.15, 0.2) is 0 Å². The fourth-order valence-electron chi connectivity index (χ4n) is 0.982. The highest BCUT2D eigenvalue weighted by Gasteiger charge is 2.03. The number of hydrogen-bond donors (Lipinski definition) is 2. The molecule has 2 nitrogen and oxygen atoms in total. The second-order valence-corrected chi connectivity index (χ2v) is 2.94. The molecule has 1 aromatic carbocycles. The first-order valence-electron chi connectivity index (χ1n) is 3.84. The van der Waals surface area contributed by atoms with Gasteiger partial charge in [-0.1, -0.05) is 12.1 Å². The zero-order valence-corrected chi connectivity index (χ0v) is 7.33. The number of rotatable bonds is 1. The van der Waals surface area contributed by atoms with Gasteiger partial charge >= 0.3 is 0 Å². The maximum absolute atomic E-state index is 9.58. The van der Waals surface area contributed by atoms with Gasteiger partial charge in [-0.3, -0.25) is 0 Å². The Morgan fingerprint density at radius 3 is 2.33 bits per heavy atom. The quantitative estimate of drug-likeness (QED) is 0.493. The number of hydrogen-bond acceptors (Lipinski definition) is 2. The van der Waals surface area contributed by atoms with E-state index >= 15 is 0 Å². The minimum Gasteiger partial charge on any atom is -0.507 e. The standard InChI is InChI=1S/C10H13NO/c1-7(2)10(12)8-5-3-4-6-9(8)11/h3-6,12H,11H2,1-2H3. The lowest BCUT2D eigenvalue weighted by Gasteiger charge is -2.05. The molecule has 12 heavy (non-hydrogen) atoms. The van der Waals surface area contributed by atoms with Crippen LogP contribution in [-0.2, 0) is 0 Å². The maximum Gasteiger partial charge on any atom is 0.123 e. The van der Waals surface area contributed by atoms with Crippen molar-refractivity contribution < 1.29 is 5.11 Å². The smallest absolute Gasteiger partial charge is 0.123 e. The van der Waals surface area contributed by atoms with Crippen molar-refractivity contribution in [3.63, 3.8) is 0 Å². The number of aliphatic hydroxyl groups is 1. The maximum atomic E-state index is 9.58. The van der Waals surface area contributed by atoms with Crippen LogP contribution in [0.15, 0.2) is 29.8 Å². The zero-order valence-electron chi connectivity index (χ0n) is 7.33. The molecule has 0 saturated heterocycles. The van der Waals surface area contributed by atoms with Gasteiger partial charge in [-0.15, -0.1) is 0 Å². The molecule has 0 unspecified atom stereocenters. The van der Waals surface area contributed by atoms with Gasteiger partial charge in [0.1, 0.15) is 5.76 Å². The van der Waals surface area contributed by atoms with E-state index in [1.165, 1.54) is 0 Å². The van der Waals surface area contributed by atoms with Crippen LogP contribution < -0.4 is 5.73 Å². The molecule has 0 aromatic heterocycles. The van der Waals surface area contributed by atoms with Crippen LogP contribution in [0.4, 0.5) is 5.69 Å². The molecule has 0 aliphatic rings. The van der Waals surface area contributed by atoms with E-state index in [0.29, 0.717) is 11.3 Å². The van der Waals surface area contributed by atoms with Crippen LogP contribution in [0.25, 0.3) is 5.76 Å². The van der Waals surface area contributed by atoms with Gasteiger partial charge in [0.05, 0.1) is 0 Å². The first-order valence-corrected chi connectivity index (χ1v) is 3.84. The van der Waals surface area contributed by atoms with Crippen molar-refractivity contribution in [1.29, 1.82) is 0 Å². The molecule has 0 heterocycles. The molecule has 2 heteroatoms. The van der Waals surface area contributed by atoms with Gasteiger partial charge in [-0.2, -0.15) is 0 Å². The van der Waals surface area contributed by atoms with Crippen molar-refractivity contribution in [2.75, 3.05) is 5.73 Å². The average molecular weight is 163 g/mol. The molecule has 0 bridgehead atoms. The third-order valence-corrected chi connectivity index (χ3v) is 1.69. The highest BCUT2D eigenvalue weighted by molar-refractivity contribution is 5.71. The van der Waals surface area contributed by atoms with Crippen molar-refractivity contribution in [2.45, 2.75) is 13.8 Å². The Morgan fingerprint density at radius 2 is 1.83 bits per heavy atom. The zero-order chi connectivity index (χ0) is 9.14. The summed E-state index contributed by atoms with van der Waals surface area (Å²) < 4.78 is 0. The topological polar surface area (TPSA) is 46.2 Å². The van der Waals surface area contributed by atoms with Crippen molar-refractivity contribution in [3.8, 4) is 0 Å². The van der Waals surface area contributed by atoms with Crippen LogP contribution >= 0.6 is 0 Å². The molecule has 0 radical (unpaired) electrons. The number of nitrogens with two attached hydrogens (primary N) is 1. The summed E-state index contributed by atoms with van der Waals surface area (Å²) in [6.07, 6.45) is 0. The van der Waals surface area contributed by atoms with E-state index < -0.39 is 0 Å².